The van der Waals surface area contributed by atoms with Crippen molar-refractivity contribution < 1.29 is 18.0 Å². The minimum atomic E-state index is -3.60. The summed E-state index contributed by atoms with van der Waals surface area (Å²) in [6.07, 6.45) is -0.103. The van der Waals surface area contributed by atoms with E-state index in [0.29, 0.717) is 0 Å². The molecule has 0 radical (unpaired) electrons. The van der Waals surface area contributed by atoms with Crippen molar-refractivity contribution in [3.63, 3.8) is 0 Å². The predicted octanol–water partition coefficient (Wildman–Crippen LogP) is 2.63. The summed E-state index contributed by atoms with van der Waals surface area (Å²) >= 11 is 0. The van der Waals surface area contributed by atoms with Gasteiger partial charge in [-0.25, -0.2) is 8.42 Å². The van der Waals surface area contributed by atoms with E-state index in [0.717, 1.165) is 22.3 Å². The molecule has 3 aromatic carbocycles. The van der Waals surface area contributed by atoms with Gasteiger partial charge in [0.05, 0.1) is 16.6 Å². The third-order valence-corrected chi connectivity index (χ3v) is 7.30. The van der Waals surface area contributed by atoms with Crippen molar-refractivity contribution in [3.05, 3.63) is 90.0 Å². The number of carbonyl (C=O) groups excluding carboxylic acids is 2. The fraction of sp³-hybridized carbons (Fsp3) is 0.167. The highest BCUT2D eigenvalue weighted by Crippen LogP contribution is 2.44. The van der Waals surface area contributed by atoms with Crippen molar-refractivity contribution in [2.45, 2.75) is 23.3 Å². The van der Waals surface area contributed by atoms with Crippen LogP contribution in [0, 0.1) is 0 Å². The van der Waals surface area contributed by atoms with Crippen LogP contribution in [0.2, 0.25) is 0 Å². The molecule has 158 valence electrons. The molecule has 0 fully saturated rings. The number of fused-ring (bicyclic) bond motifs is 3. The molecule has 0 aromatic heterocycles. The van der Waals surface area contributed by atoms with Gasteiger partial charge in [-0.1, -0.05) is 66.7 Å². The molecule has 0 aliphatic heterocycles. The highest BCUT2D eigenvalue weighted by atomic mass is 32.2. The fourth-order valence-electron chi connectivity index (χ4n) is 4.00. The zero-order valence-corrected chi connectivity index (χ0v) is 17.5. The van der Waals surface area contributed by atoms with Gasteiger partial charge in [0.25, 0.3) is 0 Å². The maximum absolute atomic E-state index is 13.2. The normalized spacial score (nSPS) is 13.8. The first-order chi connectivity index (χ1) is 14.9. The lowest BCUT2D eigenvalue weighted by molar-refractivity contribution is -0.127. The van der Waals surface area contributed by atoms with E-state index in [1.807, 2.05) is 48.5 Å². The number of benzene rings is 3. The Morgan fingerprint density at radius 2 is 1.35 bits per heavy atom. The Balaban J connectivity index is 1.54. The van der Waals surface area contributed by atoms with Crippen molar-refractivity contribution in [3.8, 4) is 11.1 Å². The largest absolute Gasteiger partial charge is 0.368 e. The van der Waals surface area contributed by atoms with Crippen molar-refractivity contribution in [1.82, 2.24) is 5.32 Å². The average molecular weight is 435 g/mol. The van der Waals surface area contributed by atoms with Crippen LogP contribution in [-0.4, -0.2) is 32.0 Å². The quantitative estimate of drug-likeness (QED) is 0.596. The Hall–Kier alpha value is -3.45. The van der Waals surface area contributed by atoms with Crippen LogP contribution >= 0.6 is 0 Å². The van der Waals surface area contributed by atoms with Gasteiger partial charge in [-0.05, 0) is 40.8 Å². The Kier molecular flexibility index (Phi) is 5.61. The fourth-order valence-corrected chi connectivity index (χ4v) is 5.35. The lowest BCUT2D eigenvalue weighted by Crippen LogP contribution is -2.47. The number of nitrogens with one attached hydrogen (secondary N) is 1. The van der Waals surface area contributed by atoms with Crippen LogP contribution in [0.4, 0.5) is 0 Å². The summed E-state index contributed by atoms with van der Waals surface area (Å²) < 4.78 is 25.1. The van der Waals surface area contributed by atoms with E-state index < -0.39 is 27.7 Å². The molecule has 0 bridgehead atoms. The molecule has 0 saturated carbocycles. The third kappa shape index (κ3) is 4.09. The molecule has 31 heavy (non-hydrogen) atoms. The van der Waals surface area contributed by atoms with Crippen LogP contribution in [0.3, 0.4) is 0 Å². The van der Waals surface area contributed by atoms with E-state index in [9.17, 15) is 18.0 Å². The van der Waals surface area contributed by atoms with Crippen molar-refractivity contribution in [2.24, 2.45) is 5.73 Å². The first-order valence-corrected chi connectivity index (χ1v) is 11.6. The second-order valence-electron chi connectivity index (χ2n) is 7.49. The molecule has 0 spiro atoms. The first-order valence-electron chi connectivity index (χ1n) is 9.94. The first kappa shape index (κ1) is 20.8. The summed E-state index contributed by atoms with van der Waals surface area (Å²) in [4.78, 5) is 25.4. The Morgan fingerprint density at radius 1 is 0.839 bits per heavy atom. The number of primary amides is 1. The molecule has 4 rings (SSSR count). The molecule has 2 amide bonds. The maximum atomic E-state index is 13.2. The number of hydrogen-bond donors (Lipinski definition) is 2. The molecule has 1 atom stereocenters. The lowest BCUT2D eigenvalue weighted by atomic mass is 9.95. The van der Waals surface area contributed by atoms with Gasteiger partial charge in [-0.3, -0.25) is 9.59 Å². The Morgan fingerprint density at radius 3 is 1.90 bits per heavy atom. The minimum absolute atomic E-state index is 0.103. The van der Waals surface area contributed by atoms with Gasteiger partial charge < -0.3 is 11.1 Å². The van der Waals surface area contributed by atoms with Crippen LogP contribution in [0.1, 0.15) is 23.5 Å². The van der Waals surface area contributed by atoms with E-state index >= 15 is 0 Å². The van der Waals surface area contributed by atoms with Gasteiger partial charge in [-0.2, -0.15) is 0 Å². The molecule has 0 unspecified atom stereocenters. The van der Waals surface area contributed by atoms with Crippen LogP contribution in [0.25, 0.3) is 11.1 Å². The predicted molar refractivity (Wildman–Crippen MR) is 118 cm³/mol. The van der Waals surface area contributed by atoms with Crippen LogP contribution < -0.4 is 11.1 Å². The van der Waals surface area contributed by atoms with Crippen molar-refractivity contribution >= 4 is 21.7 Å². The highest BCUT2D eigenvalue weighted by molar-refractivity contribution is 7.91. The van der Waals surface area contributed by atoms with Gasteiger partial charge in [-0.15, -0.1) is 0 Å². The number of sulfone groups is 1. The number of carbonyl (C=O) groups is 2. The molecule has 0 heterocycles. The summed E-state index contributed by atoms with van der Waals surface area (Å²) in [6.45, 7) is 0. The second-order valence-corrected chi connectivity index (χ2v) is 9.60. The van der Waals surface area contributed by atoms with Crippen molar-refractivity contribution in [1.29, 1.82) is 0 Å². The van der Waals surface area contributed by atoms with Gasteiger partial charge in [0.1, 0.15) is 6.04 Å². The van der Waals surface area contributed by atoms with Gasteiger partial charge in [0.2, 0.25) is 11.8 Å². The molecule has 3 N–H and O–H groups in total. The molecule has 3 aromatic rings. The van der Waals surface area contributed by atoms with Crippen LogP contribution in [0.15, 0.2) is 83.8 Å². The number of hydrogen-bond acceptors (Lipinski definition) is 4. The van der Waals surface area contributed by atoms with E-state index in [1.165, 1.54) is 12.1 Å². The lowest BCUT2D eigenvalue weighted by Gasteiger charge is -2.19. The zero-order chi connectivity index (χ0) is 22.0. The summed E-state index contributed by atoms with van der Waals surface area (Å²) in [5.74, 6) is -2.03. The van der Waals surface area contributed by atoms with E-state index in [-0.39, 0.29) is 23.0 Å². The number of rotatable bonds is 7. The molecule has 6 nitrogen and oxygen atoms in total. The number of nitrogens with two attached hydrogens (primary N) is 1. The van der Waals surface area contributed by atoms with Crippen LogP contribution in [0.5, 0.6) is 0 Å². The molecule has 7 heteroatoms. The standard InChI is InChI=1S/C24H22N2O4S/c25-23(27)21(14-15-31(29,30)16-8-2-1-3-9-16)26-24(28)22-19-12-6-4-10-17(19)18-11-5-7-13-20(18)22/h1-13,21-22H,14-15H2,(H2,25,27)(H,26,28)/t21-/m1/s1. The summed E-state index contributed by atoms with van der Waals surface area (Å²) in [5.41, 5.74) is 9.13. The monoisotopic (exact) mass is 434 g/mol. The Labute approximate surface area is 181 Å². The Bertz CT molecular complexity index is 1190. The minimum Gasteiger partial charge on any atom is -0.368 e. The maximum Gasteiger partial charge on any atom is 0.240 e. The van der Waals surface area contributed by atoms with Gasteiger partial charge in [0, 0.05) is 0 Å². The second kappa shape index (κ2) is 8.35. The zero-order valence-electron chi connectivity index (χ0n) is 16.7. The third-order valence-electron chi connectivity index (χ3n) is 5.53. The SMILES string of the molecule is NC(=O)[C@@H](CCS(=O)(=O)c1ccccc1)NC(=O)C1c2ccccc2-c2ccccc21. The van der Waals surface area contributed by atoms with Gasteiger partial charge in [0.15, 0.2) is 9.84 Å². The molecule has 1 aliphatic carbocycles. The summed E-state index contributed by atoms with van der Waals surface area (Å²) in [7, 11) is -3.60. The summed E-state index contributed by atoms with van der Waals surface area (Å²) in [6, 6.07) is 22.1. The smallest absolute Gasteiger partial charge is 0.240 e. The van der Waals surface area contributed by atoms with Crippen molar-refractivity contribution in [2.75, 3.05) is 5.75 Å². The van der Waals surface area contributed by atoms with E-state index in [2.05, 4.69) is 5.32 Å². The number of amides is 2. The molecule has 0 saturated heterocycles. The van der Waals surface area contributed by atoms with E-state index in [1.54, 1.807) is 18.2 Å². The van der Waals surface area contributed by atoms with E-state index in [4.69, 9.17) is 5.73 Å². The van der Waals surface area contributed by atoms with Gasteiger partial charge >= 0.3 is 0 Å². The molecule has 1 aliphatic rings. The topological polar surface area (TPSA) is 106 Å². The summed E-state index contributed by atoms with van der Waals surface area (Å²) in [5, 5.41) is 2.69. The van der Waals surface area contributed by atoms with Crippen LogP contribution in [-0.2, 0) is 19.4 Å². The molecular weight excluding hydrogens is 412 g/mol. The molecular formula is C24H22N2O4S. The highest BCUT2D eigenvalue weighted by Gasteiger charge is 2.35. The average Bonchev–Trinajstić information content (AvgIpc) is 3.11.